The van der Waals surface area contributed by atoms with Gasteiger partial charge in [-0.05, 0) is 30.7 Å². The van der Waals surface area contributed by atoms with E-state index in [4.69, 9.17) is 10.5 Å². The van der Waals surface area contributed by atoms with Crippen LogP contribution >= 0.6 is 0 Å². The fourth-order valence-electron chi connectivity index (χ4n) is 2.54. The molecule has 3 rings (SSSR count). The highest BCUT2D eigenvalue weighted by molar-refractivity contribution is 5.99. The number of benzene rings is 2. The lowest BCUT2D eigenvalue weighted by molar-refractivity contribution is -0.125. The van der Waals surface area contributed by atoms with Gasteiger partial charge in [0.05, 0.1) is 12.2 Å². The van der Waals surface area contributed by atoms with Gasteiger partial charge in [-0.3, -0.25) is 4.79 Å². The van der Waals surface area contributed by atoms with Crippen LogP contribution in [0.2, 0.25) is 0 Å². The summed E-state index contributed by atoms with van der Waals surface area (Å²) in [7, 11) is 0. The summed E-state index contributed by atoms with van der Waals surface area (Å²) in [5, 5.41) is 0. The van der Waals surface area contributed by atoms with E-state index in [1.54, 1.807) is 36.1 Å². The second kappa shape index (κ2) is 5.77. The summed E-state index contributed by atoms with van der Waals surface area (Å²) in [5.41, 5.74) is 7.67. The minimum Gasteiger partial charge on any atom is -0.479 e. The van der Waals surface area contributed by atoms with Gasteiger partial charge in [-0.2, -0.15) is 0 Å². The monoisotopic (exact) mass is 300 g/mol. The van der Waals surface area contributed by atoms with Gasteiger partial charge in [-0.1, -0.05) is 24.3 Å². The van der Waals surface area contributed by atoms with Gasteiger partial charge in [0.2, 0.25) is 0 Å². The first-order chi connectivity index (χ1) is 10.6. The van der Waals surface area contributed by atoms with Crippen molar-refractivity contribution in [3.05, 3.63) is 59.4 Å². The number of carbonyl (C=O) groups excluding carboxylic acids is 1. The Morgan fingerprint density at radius 3 is 2.77 bits per heavy atom. The van der Waals surface area contributed by atoms with Crippen LogP contribution < -0.4 is 15.4 Å². The minimum absolute atomic E-state index is 0.175. The first-order valence-corrected chi connectivity index (χ1v) is 7.14. The number of hydrogen-bond donors (Lipinski definition) is 1. The Hall–Kier alpha value is -2.40. The second-order valence-electron chi connectivity index (χ2n) is 5.28. The molecule has 114 valence electrons. The third kappa shape index (κ3) is 2.55. The summed E-state index contributed by atoms with van der Waals surface area (Å²) in [6.45, 7) is 2.26. The first-order valence-electron chi connectivity index (χ1n) is 7.14. The molecule has 1 aliphatic rings. The average Bonchev–Trinajstić information content (AvgIpc) is 2.53. The van der Waals surface area contributed by atoms with Gasteiger partial charge >= 0.3 is 0 Å². The molecule has 0 radical (unpaired) electrons. The van der Waals surface area contributed by atoms with E-state index in [-0.39, 0.29) is 18.3 Å². The highest BCUT2D eigenvalue weighted by atomic mass is 19.1. The molecule has 1 amide bonds. The number of fused-ring (bicyclic) bond motifs is 1. The van der Waals surface area contributed by atoms with Gasteiger partial charge in [0.15, 0.2) is 6.10 Å². The van der Waals surface area contributed by atoms with Crippen LogP contribution in [0.5, 0.6) is 5.75 Å². The molecule has 0 aromatic heterocycles. The fourth-order valence-corrected chi connectivity index (χ4v) is 2.54. The van der Waals surface area contributed by atoms with Gasteiger partial charge in [0.1, 0.15) is 11.6 Å². The normalized spacial score (nSPS) is 17.1. The zero-order chi connectivity index (χ0) is 15.7. The van der Waals surface area contributed by atoms with Crippen LogP contribution in [-0.4, -0.2) is 12.0 Å². The van der Waals surface area contributed by atoms with Crippen molar-refractivity contribution in [2.24, 2.45) is 5.73 Å². The van der Waals surface area contributed by atoms with E-state index < -0.39 is 6.10 Å². The molecule has 1 heterocycles. The Morgan fingerprint density at radius 2 is 2.05 bits per heavy atom. The molecule has 5 heteroatoms. The van der Waals surface area contributed by atoms with Gasteiger partial charge in [-0.25, -0.2) is 4.39 Å². The maximum atomic E-state index is 13.9. The number of hydrogen-bond acceptors (Lipinski definition) is 3. The van der Waals surface area contributed by atoms with Crippen molar-refractivity contribution < 1.29 is 13.9 Å². The molecule has 2 aromatic rings. The van der Waals surface area contributed by atoms with Crippen LogP contribution in [0, 0.1) is 5.82 Å². The standard InChI is InChI=1S/C17H17FN2O2/c1-11-17(21)20(10-13-4-2-3-5-14(13)18)15-7-6-12(9-19)8-16(15)22-11/h2-8,11H,9-10,19H2,1H3. The van der Waals surface area contributed by atoms with E-state index in [0.717, 1.165) is 5.56 Å². The highest BCUT2D eigenvalue weighted by Crippen LogP contribution is 2.36. The molecule has 0 fully saturated rings. The number of anilines is 1. The zero-order valence-electron chi connectivity index (χ0n) is 12.3. The lowest BCUT2D eigenvalue weighted by atomic mass is 10.1. The van der Waals surface area contributed by atoms with E-state index in [1.165, 1.54) is 6.07 Å². The number of nitrogens with zero attached hydrogens (tertiary/aromatic N) is 1. The second-order valence-corrected chi connectivity index (χ2v) is 5.28. The molecular weight excluding hydrogens is 283 g/mol. The van der Waals surface area contributed by atoms with Crippen LogP contribution in [-0.2, 0) is 17.9 Å². The summed E-state index contributed by atoms with van der Waals surface area (Å²) >= 11 is 0. The first kappa shape index (κ1) is 14.5. The summed E-state index contributed by atoms with van der Waals surface area (Å²) in [5.74, 6) is 0.0946. The topological polar surface area (TPSA) is 55.6 Å². The van der Waals surface area contributed by atoms with Gasteiger partial charge in [0, 0.05) is 12.1 Å². The number of carbonyl (C=O) groups is 1. The van der Waals surface area contributed by atoms with Crippen molar-refractivity contribution >= 4 is 11.6 Å². The highest BCUT2D eigenvalue weighted by Gasteiger charge is 2.32. The van der Waals surface area contributed by atoms with E-state index in [9.17, 15) is 9.18 Å². The van der Waals surface area contributed by atoms with Crippen molar-refractivity contribution in [3.8, 4) is 5.75 Å². The van der Waals surface area contributed by atoms with Crippen LogP contribution in [0.4, 0.5) is 10.1 Å². The van der Waals surface area contributed by atoms with Crippen molar-refractivity contribution in [2.45, 2.75) is 26.1 Å². The Kier molecular flexibility index (Phi) is 3.81. The Morgan fingerprint density at radius 1 is 1.27 bits per heavy atom. The van der Waals surface area contributed by atoms with Gasteiger partial charge in [-0.15, -0.1) is 0 Å². The third-order valence-corrected chi connectivity index (χ3v) is 3.75. The SMILES string of the molecule is CC1Oc2cc(CN)ccc2N(Cc2ccccc2F)C1=O. The summed E-state index contributed by atoms with van der Waals surface area (Å²) in [6.07, 6.45) is -0.604. The summed E-state index contributed by atoms with van der Waals surface area (Å²) in [6, 6.07) is 11.9. The maximum Gasteiger partial charge on any atom is 0.268 e. The van der Waals surface area contributed by atoms with Crippen molar-refractivity contribution in [3.63, 3.8) is 0 Å². The van der Waals surface area contributed by atoms with Crippen molar-refractivity contribution in [1.82, 2.24) is 0 Å². The number of halogens is 1. The van der Waals surface area contributed by atoms with Crippen molar-refractivity contribution in [1.29, 1.82) is 0 Å². The number of nitrogens with two attached hydrogens (primary N) is 1. The fraction of sp³-hybridized carbons (Fsp3) is 0.235. The Bertz CT molecular complexity index is 718. The lowest BCUT2D eigenvalue weighted by Gasteiger charge is -2.33. The maximum absolute atomic E-state index is 13.9. The molecule has 0 bridgehead atoms. The third-order valence-electron chi connectivity index (χ3n) is 3.75. The molecule has 22 heavy (non-hydrogen) atoms. The molecule has 1 atom stereocenters. The molecule has 0 aliphatic carbocycles. The quantitative estimate of drug-likeness (QED) is 0.948. The van der Waals surface area contributed by atoms with Crippen LogP contribution in [0.1, 0.15) is 18.1 Å². The van der Waals surface area contributed by atoms with Gasteiger partial charge < -0.3 is 15.4 Å². The molecular formula is C17H17FN2O2. The minimum atomic E-state index is -0.604. The molecule has 2 N–H and O–H groups in total. The Balaban J connectivity index is 2.00. The Labute approximate surface area is 128 Å². The van der Waals surface area contributed by atoms with E-state index in [1.807, 2.05) is 12.1 Å². The molecule has 2 aromatic carbocycles. The molecule has 0 spiro atoms. The molecule has 4 nitrogen and oxygen atoms in total. The van der Waals surface area contributed by atoms with E-state index >= 15 is 0 Å². The van der Waals surface area contributed by atoms with Crippen LogP contribution in [0.15, 0.2) is 42.5 Å². The number of amides is 1. The van der Waals surface area contributed by atoms with E-state index in [0.29, 0.717) is 23.5 Å². The molecule has 1 aliphatic heterocycles. The van der Waals surface area contributed by atoms with Crippen LogP contribution in [0.3, 0.4) is 0 Å². The van der Waals surface area contributed by atoms with Crippen LogP contribution in [0.25, 0.3) is 0 Å². The summed E-state index contributed by atoms with van der Waals surface area (Å²) in [4.78, 5) is 14.0. The predicted octanol–water partition coefficient (Wildman–Crippen LogP) is 2.60. The number of rotatable bonds is 3. The average molecular weight is 300 g/mol. The molecule has 0 saturated carbocycles. The predicted molar refractivity (Wildman–Crippen MR) is 82.0 cm³/mol. The molecule has 1 unspecified atom stereocenters. The molecule has 0 saturated heterocycles. The lowest BCUT2D eigenvalue weighted by Crippen LogP contribution is -2.44. The van der Waals surface area contributed by atoms with Gasteiger partial charge in [0.25, 0.3) is 5.91 Å². The number of ether oxygens (including phenoxy) is 1. The smallest absolute Gasteiger partial charge is 0.268 e. The van der Waals surface area contributed by atoms with E-state index in [2.05, 4.69) is 0 Å². The summed E-state index contributed by atoms with van der Waals surface area (Å²) < 4.78 is 19.5. The largest absolute Gasteiger partial charge is 0.479 e. The van der Waals surface area contributed by atoms with Crippen molar-refractivity contribution in [2.75, 3.05) is 4.90 Å². The zero-order valence-corrected chi connectivity index (χ0v) is 12.3.